The second-order valence-corrected chi connectivity index (χ2v) is 6.49. The Balaban J connectivity index is 1.62. The number of H-pyrrole nitrogens is 1. The molecule has 0 aromatic carbocycles. The van der Waals surface area contributed by atoms with Gasteiger partial charge in [0.2, 0.25) is 0 Å². The summed E-state index contributed by atoms with van der Waals surface area (Å²) in [5.74, 6) is 1.66. The average Bonchev–Trinajstić information content (AvgIpc) is 2.88. The third-order valence-electron chi connectivity index (χ3n) is 4.92. The summed E-state index contributed by atoms with van der Waals surface area (Å²) in [6, 6.07) is 3.45. The van der Waals surface area contributed by atoms with Gasteiger partial charge >= 0.3 is 0 Å². The number of likely N-dealkylation sites (tertiary alicyclic amines) is 1. The van der Waals surface area contributed by atoms with E-state index in [2.05, 4.69) is 40.3 Å². The van der Waals surface area contributed by atoms with Crippen LogP contribution in [0.15, 0.2) is 12.3 Å². The fourth-order valence-corrected chi connectivity index (χ4v) is 3.84. The molecule has 0 amide bonds. The van der Waals surface area contributed by atoms with Gasteiger partial charge in [0, 0.05) is 43.6 Å². The second kappa shape index (κ2) is 5.63. The molecule has 1 aromatic heterocycles. The van der Waals surface area contributed by atoms with Crippen LogP contribution < -0.4 is 5.32 Å². The van der Waals surface area contributed by atoms with Crippen LogP contribution in [-0.2, 0) is 6.54 Å². The third kappa shape index (κ3) is 2.84. The standard InChI is InChI=1S/C15H26N4/c1-11(2)19-9-12-4-3-5-13(10-19)15(12)16-8-14-6-7-17-18-14/h6-7,11-13,15-16H,3-5,8-10H2,1-2H3,(H,17,18). The fraction of sp³-hybridized carbons (Fsp3) is 0.800. The minimum Gasteiger partial charge on any atom is -0.308 e. The van der Waals surface area contributed by atoms with E-state index in [4.69, 9.17) is 0 Å². The van der Waals surface area contributed by atoms with Crippen molar-refractivity contribution in [3.8, 4) is 0 Å². The molecule has 2 N–H and O–H groups in total. The summed E-state index contributed by atoms with van der Waals surface area (Å²) in [6.45, 7) is 8.13. The number of aromatic nitrogens is 2. The van der Waals surface area contributed by atoms with Crippen LogP contribution in [0.25, 0.3) is 0 Å². The first kappa shape index (κ1) is 13.1. The predicted octanol–water partition coefficient (Wildman–Crippen LogP) is 2.01. The molecule has 3 rings (SSSR count). The van der Waals surface area contributed by atoms with Crippen molar-refractivity contribution in [3.05, 3.63) is 18.0 Å². The van der Waals surface area contributed by atoms with Crippen molar-refractivity contribution in [1.29, 1.82) is 0 Å². The predicted molar refractivity (Wildman–Crippen MR) is 76.8 cm³/mol. The molecule has 4 nitrogen and oxygen atoms in total. The van der Waals surface area contributed by atoms with E-state index in [1.165, 1.54) is 38.0 Å². The van der Waals surface area contributed by atoms with E-state index < -0.39 is 0 Å². The lowest BCUT2D eigenvalue weighted by molar-refractivity contribution is 0.0288. The van der Waals surface area contributed by atoms with Gasteiger partial charge in [-0.3, -0.25) is 5.10 Å². The molecule has 2 atom stereocenters. The van der Waals surface area contributed by atoms with Gasteiger partial charge in [0.25, 0.3) is 0 Å². The maximum absolute atomic E-state index is 4.02. The smallest absolute Gasteiger partial charge is 0.0490 e. The summed E-state index contributed by atoms with van der Waals surface area (Å²) in [4.78, 5) is 2.67. The van der Waals surface area contributed by atoms with E-state index in [9.17, 15) is 0 Å². The highest BCUT2D eigenvalue weighted by molar-refractivity contribution is 5.00. The van der Waals surface area contributed by atoms with Crippen LogP contribution in [0.1, 0.15) is 38.8 Å². The van der Waals surface area contributed by atoms with Crippen molar-refractivity contribution in [2.24, 2.45) is 11.8 Å². The summed E-state index contributed by atoms with van der Waals surface area (Å²) in [7, 11) is 0. The zero-order valence-corrected chi connectivity index (χ0v) is 12.1. The lowest BCUT2D eigenvalue weighted by Crippen LogP contribution is -2.58. The Kier molecular flexibility index (Phi) is 3.89. The molecule has 4 heteroatoms. The highest BCUT2D eigenvalue weighted by Crippen LogP contribution is 2.35. The Labute approximate surface area is 116 Å². The number of hydrogen-bond donors (Lipinski definition) is 2. The number of piperidine rings is 1. The molecule has 2 aliphatic rings. The minimum absolute atomic E-state index is 0.691. The van der Waals surface area contributed by atoms with Gasteiger partial charge in [-0.05, 0) is 44.6 Å². The Morgan fingerprint density at radius 3 is 2.68 bits per heavy atom. The lowest BCUT2D eigenvalue weighted by Gasteiger charge is -2.49. The number of aromatic amines is 1. The molecular weight excluding hydrogens is 236 g/mol. The average molecular weight is 262 g/mol. The van der Waals surface area contributed by atoms with Gasteiger partial charge < -0.3 is 10.2 Å². The zero-order chi connectivity index (χ0) is 13.2. The van der Waals surface area contributed by atoms with E-state index in [-0.39, 0.29) is 0 Å². The molecule has 0 radical (unpaired) electrons. The third-order valence-corrected chi connectivity index (χ3v) is 4.92. The second-order valence-electron chi connectivity index (χ2n) is 6.49. The molecule has 0 spiro atoms. The minimum atomic E-state index is 0.691. The SMILES string of the molecule is CC(C)N1CC2CCCC(C1)C2NCc1ccn[nH]1. The molecule has 1 saturated carbocycles. The van der Waals surface area contributed by atoms with Crippen molar-refractivity contribution in [1.82, 2.24) is 20.4 Å². The van der Waals surface area contributed by atoms with Crippen molar-refractivity contribution < 1.29 is 0 Å². The van der Waals surface area contributed by atoms with E-state index >= 15 is 0 Å². The molecule has 2 heterocycles. The molecule has 2 fully saturated rings. The van der Waals surface area contributed by atoms with Gasteiger partial charge in [-0.2, -0.15) is 5.10 Å². The van der Waals surface area contributed by atoms with Gasteiger partial charge in [0.05, 0.1) is 0 Å². The lowest BCUT2D eigenvalue weighted by atomic mass is 9.73. The molecule has 1 saturated heterocycles. The molecule has 1 aliphatic heterocycles. The van der Waals surface area contributed by atoms with Crippen molar-refractivity contribution in [2.45, 2.75) is 51.7 Å². The molecular formula is C15H26N4. The van der Waals surface area contributed by atoms with Gasteiger partial charge in [0.1, 0.15) is 0 Å². The maximum atomic E-state index is 4.02. The van der Waals surface area contributed by atoms with Crippen LogP contribution in [0.5, 0.6) is 0 Å². The van der Waals surface area contributed by atoms with Crippen LogP contribution >= 0.6 is 0 Å². The van der Waals surface area contributed by atoms with E-state index in [1.807, 2.05) is 6.20 Å². The normalized spacial score (nSPS) is 31.8. The molecule has 1 aliphatic carbocycles. The highest BCUT2D eigenvalue weighted by Gasteiger charge is 2.39. The first-order chi connectivity index (χ1) is 9.24. The van der Waals surface area contributed by atoms with Crippen LogP contribution in [0.2, 0.25) is 0 Å². The van der Waals surface area contributed by atoms with E-state index in [0.29, 0.717) is 12.1 Å². The first-order valence-corrected chi connectivity index (χ1v) is 7.69. The van der Waals surface area contributed by atoms with Gasteiger partial charge in [-0.15, -0.1) is 0 Å². The van der Waals surface area contributed by atoms with E-state index in [1.54, 1.807) is 0 Å². The summed E-state index contributed by atoms with van der Waals surface area (Å²) in [5.41, 5.74) is 1.20. The van der Waals surface area contributed by atoms with Gasteiger partial charge in [-0.1, -0.05) is 6.42 Å². The van der Waals surface area contributed by atoms with Crippen molar-refractivity contribution in [3.63, 3.8) is 0 Å². The quantitative estimate of drug-likeness (QED) is 0.872. The Morgan fingerprint density at radius 2 is 2.11 bits per heavy atom. The van der Waals surface area contributed by atoms with Gasteiger partial charge in [-0.25, -0.2) is 0 Å². The van der Waals surface area contributed by atoms with Crippen LogP contribution in [0.4, 0.5) is 0 Å². The van der Waals surface area contributed by atoms with Crippen LogP contribution in [0.3, 0.4) is 0 Å². The van der Waals surface area contributed by atoms with Crippen LogP contribution in [0, 0.1) is 11.8 Å². The number of fused-ring (bicyclic) bond motifs is 2. The highest BCUT2D eigenvalue weighted by atomic mass is 15.2. The number of nitrogens with zero attached hydrogens (tertiary/aromatic N) is 2. The number of rotatable bonds is 4. The molecule has 2 unspecified atom stereocenters. The van der Waals surface area contributed by atoms with E-state index in [0.717, 1.165) is 18.4 Å². The zero-order valence-electron chi connectivity index (χ0n) is 12.1. The number of hydrogen-bond acceptors (Lipinski definition) is 3. The summed E-state index contributed by atoms with van der Waals surface area (Å²) >= 11 is 0. The van der Waals surface area contributed by atoms with Gasteiger partial charge in [0.15, 0.2) is 0 Å². The Bertz CT molecular complexity index is 373. The summed E-state index contributed by atoms with van der Waals surface area (Å²) in [5, 5.41) is 10.9. The molecule has 1 aromatic rings. The first-order valence-electron chi connectivity index (χ1n) is 7.69. The molecule has 19 heavy (non-hydrogen) atoms. The van der Waals surface area contributed by atoms with Crippen LogP contribution in [-0.4, -0.2) is 40.3 Å². The largest absolute Gasteiger partial charge is 0.308 e. The monoisotopic (exact) mass is 262 g/mol. The Morgan fingerprint density at radius 1 is 1.37 bits per heavy atom. The summed E-state index contributed by atoms with van der Waals surface area (Å²) in [6.07, 6.45) is 6.03. The summed E-state index contributed by atoms with van der Waals surface area (Å²) < 4.78 is 0. The number of nitrogens with one attached hydrogen (secondary N) is 2. The topological polar surface area (TPSA) is 44.0 Å². The van der Waals surface area contributed by atoms with Crippen molar-refractivity contribution >= 4 is 0 Å². The molecule has 2 bridgehead atoms. The Hall–Kier alpha value is -0.870. The van der Waals surface area contributed by atoms with Crippen molar-refractivity contribution in [2.75, 3.05) is 13.1 Å². The maximum Gasteiger partial charge on any atom is 0.0490 e. The molecule has 106 valence electrons. The fourth-order valence-electron chi connectivity index (χ4n) is 3.84.